The lowest BCUT2D eigenvalue weighted by Gasteiger charge is -2.07. The summed E-state index contributed by atoms with van der Waals surface area (Å²) in [5, 5.41) is 0. The average molecular weight is 247 g/mol. The molecule has 0 amide bonds. The van der Waals surface area contributed by atoms with Crippen molar-refractivity contribution in [2.45, 2.75) is 19.0 Å². The second-order valence-corrected chi connectivity index (χ2v) is 3.52. The van der Waals surface area contributed by atoms with Crippen molar-refractivity contribution in [1.29, 1.82) is 0 Å². The maximum Gasteiger partial charge on any atom is 0.417 e. The smallest absolute Gasteiger partial charge is 0.166 e. The molecule has 0 aromatic heterocycles. The third-order valence-electron chi connectivity index (χ3n) is 1.89. The quantitative estimate of drug-likeness (QED) is 0.419. The fourth-order valence-electron chi connectivity index (χ4n) is 1.15. The van der Waals surface area contributed by atoms with E-state index in [0.717, 1.165) is 6.07 Å². The molecule has 0 fully saturated rings. The Morgan fingerprint density at radius 1 is 1.19 bits per heavy atom. The first-order chi connectivity index (χ1) is 7.55. The molecule has 0 unspecified atom stereocenters. The lowest BCUT2D eigenvalue weighted by Crippen LogP contribution is -2.07. The Hall–Kier alpha value is -1.14. The van der Waals surface area contributed by atoms with Gasteiger partial charge in [0.25, 0.3) is 0 Å². The summed E-state index contributed by atoms with van der Waals surface area (Å²) in [5.41, 5.74) is -0.669. The van der Waals surface area contributed by atoms with Crippen LogP contribution in [0.4, 0.5) is 13.2 Å². The minimum absolute atomic E-state index is 0.0181. The van der Waals surface area contributed by atoms with Crippen LogP contribution in [-0.2, 0) is 6.18 Å². The molecule has 0 aliphatic heterocycles. The summed E-state index contributed by atoms with van der Waals surface area (Å²) >= 11 is 5.44. The van der Waals surface area contributed by atoms with Gasteiger partial charge in [0.15, 0.2) is 0 Å². The molecular formula is C12H10ClF3. The van der Waals surface area contributed by atoms with Gasteiger partial charge in [-0.3, -0.25) is 0 Å². The largest absolute Gasteiger partial charge is 0.417 e. The maximum absolute atomic E-state index is 12.5. The number of benzene rings is 1. The summed E-state index contributed by atoms with van der Waals surface area (Å²) in [7, 11) is 0. The molecule has 0 N–H and O–H groups in total. The van der Waals surface area contributed by atoms with Crippen LogP contribution in [0.3, 0.4) is 0 Å². The van der Waals surface area contributed by atoms with Gasteiger partial charge in [-0.2, -0.15) is 13.2 Å². The molecule has 16 heavy (non-hydrogen) atoms. The zero-order valence-corrected chi connectivity index (χ0v) is 9.20. The van der Waals surface area contributed by atoms with E-state index >= 15 is 0 Å². The Labute approximate surface area is 97.4 Å². The molecule has 0 nitrogen and oxygen atoms in total. The van der Waals surface area contributed by atoms with Crippen LogP contribution < -0.4 is 0 Å². The predicted octanol–water partition coefficient (Wildman–Crippen LogP) is 4.08. The van der Waals surface area contributed by atoms with Crippen LogP contribution in [0.5, 0.6) is 0 Å². The summed E-state index contributed by atoms with van der Waals surface area (Å²) < 4.78 is 37.6. The average Bonchev–Trinajstić information content (AvgIpc) is 2.24. The topological polar surface area (TPSA) is 0 Å². The first-order valence-electron chi connectivity index (χ1n) is 4.77. The molecule has 0 saturated heterocycles. The number of alkyl halides is 4. The van der Waals surface area contributed by atoms with Gasteiger partial charge in [-0.15, -0.1) is 11.6 Å². The van der Waals surface area contributed by atoms with Crippen molar-refractivity contribution >= 4 is 11.6 Å². The number of hydrogen-bond donors (Lipinski definition) is 0. The summed E-state index contributed by atoms with van der Waals surface area (Å²) in [6, 6.07) is 5.30. The van der Waals surface area contributed by atoms with E-state index in [2.05, 4.69) is 11.8 Å². The van der Waals surface area contributed by atoms with Gasteiger partial charge >= 0.3 is 6.18 Å². The van der Waals surface area contributed by atoms with Gasteiger partial charge in [-0.05, 0) is 18.6 Å². The maximum atomic E-state index is 12.5. The highest BCUT2D eigenvalue weighted by Gasteiger charge is 2.32. The van der Waals surface area contributed by atoms with Crippen molar-refractivity contribution in [3.63, 3.8) is 0 Å². The van der Waals surface area contributed by atoms with Gasteiger partial charge in [-0.1, -0.05) is 24.0 Å². The molecule has 4 heteroatoms. The number of unbranched alkanes of at least 4 members (excludes halogenated alkanes) is 1. The van der Waals surface area contributed by atoms with E-state index < -0.39 is 11.7 Å². The highest BCUT2D eigenvalue weighted by atomic mass is 35.5. The minimum atomic E-state index is -4.35. The van der Waals surface area contributed by atoms with E-state index in [-0.39, 0.29) is 5.56 Å². The number of halogens is 4. The van der Waals surface area contributed by atoms with Gasteiger partial charge in [0.05, 0.1) is 5.56 Å². The Bertz CT molecular complexity index is 399. The predicted molar refractivity (Wildman–Crippen MR) is 58.3 cm³/mol. The van der Waals surface area contributed by atoms with Crippen LogP contribution >= 0.6 is 11.6 Å². The Morgan fingerprint density at radius 2 is 1.88 bits per heavy atom. The summed E-state index contributed by atoms with van der Waals surface area (Å²) in [6.45, 7) is 0. The summed E-state index contributed by atoms with van der Waals surface area (Å²) in [4.78, 5) is 0. The van der Waals surface area contributed by atoms with Crippen molar-refractivity contribution in [3.05, 3.63) is 35.4 Å². The van der Waals surface area contributed by atoms with Gasteiger partial charge in [0.2, 0.25) is 0 Å². The molecule has 0 saturated carbocycles. The molecular weight excluding hydrogens is 237 g/mol. The van der Waals surface area contributed by atoms with Crippen molar-refractivity contribution < 1.29 is 13.2 Å². The monoisotopic (exact) mass is 246 g/mol. The van der Waals surface area contributed by atoms with Crippen molar-refractivity contribution in [1.82, 2.24) is 0 Å². The number of hydrogen-bond acceptors (Lipinski definition) is 0. The van der Waals surface area contributed by atoms with Gasteiger partial charge < -0.3 is 0 Å². The van der Waals surface area contributed by atoms with Crippen molar-refractivity contribution in [2.24, 2.45) is 0 Å². The molecule has 86 valence electrons. The molecule has 0 spiro atoms. The molecule has 0 aliphatic carbocycles. The molecule has 0 bridgehead atoms. The molecule has 0 radical (unpaired) electrons. The van der Waals surface area contributed by atoms with E-state index in [4.69, 9.17) is 11.6 Å². The zero-order chi connectivity index (χ0) is 12.0. The summed E-state index contributed by atoms with van der Waals surface area (Å²) in [5.74, 6) is 5.67. The van der Waals surface area contributed by atoms with E-state index in [0.29, 0.717) is 18.7 Å². The Kier molecular flexibility index (Phi) is 4.70. The third kappa shape index (κ3) is 3.79. The minimum Gasteiger partial charge on any atom is -0.166 e. The molecule has 1 rings (SSSR count). The van der Waals surface area contributed by atoms with Crippen LogP contribution in [0.25, 0.3) is 0 Å². The fourth-order valence-corrected chi connectivity index (χ4v) is 1.29. The molecule has 1 aromatic rings. The van der Waals surface area contributed by atoms with Crippen LogP contribution in [-0.4, -0.2) is 5.88 Å². The highest BCUT2D eigenvalue weighted by molar-refractivity contribution is 6.17. The van der Waals surface area contributed by atoms with Crippen LogP contribution in [0.15, 0.2) is 24.3 Å². The second kappa shape index (κ2) is 5.81. The highest BCUT2D eigenvalue weighted by Crippen LogP contribution is 2.31. The first kappa shape index (κ1) is 12.9. The normalized spacial score (nSPS) is 10.8. The van der Waals surface area contributed by atoms with Gasteiger partial charge in [-0.25, -0.2) is 0 Å². The van der Waals surface area contributed by atoms with Crippen molar-refractivity contribution in [3.8, 4) is 11.8 Å². The van der Waals surface area contributed by atoms with Crippen LogP contribution in [0.2, 0.25) is 0 Å². The Morgan fingerprint density at radius 3 is 2.50 bits per heavy atom. The number of rotatable bonds is 2. The SMILES string of the molecule is FC(F)(F)c1ccccc1C#CCCCCl. The lowest BCUT2D eigenvalue weighted by molar-refractivity contribution is -0.137. The second-order valence-electron chi connectivity index (χ2n) is 3.14. The Balaban J connectivity index is 2.90. The molecule has 0 atom stereocenters. The molecule has 0 heterocycles. The fraction of sp³-hybridized carbons (Fsp3) is 0.333. The van der Waals surface area contributed by atoms with E-state index in [1.54, 1.807) is 6.07 Å². The molecule has 1 aromatic carbocycles. The lowest BCUT2D eigenvalue weighted by atomic mass is 10.1. The standard InChI is InChI=1S/C12H10ClF3/c13-9-5-1-2-6-10-7-3-4-8-11(10)12(14,15)16/h3-4,7-8H,1,5,9H2. The molecule has 0 aliphatic rings. The van der Waals surface area contributed by atoms with Gasteiger partial charge in [0.1, 0.15) is 0 Å². The first-order valence-corrected chi connectivity index (χ1v) is 5.30. The summed E-state index contributed by atoms with van der Waals surface area (Å²) in [6.07, 6.45) is -3.16. The van der Waals surface area contributed by atoms with Crippen molar-refractivity contribution in [2.75, 3.05) is 5.88 Å². The van der Waals surface area contributed by atoms with E-state index in [9.17, 15) is 13.2 Å². The van der Waals surface area contributed by atoms with E-state index in [1.165, 1.54) is 12.1 Å². The van der Waals surface area contributed by atoms with E-state index in [1.807, 2.05) is 0 Å². The van der Waals surface area contributed by atoms with Crippen LogP contribution in [0.1, 0.15) is 24.0 Å². The third-order valence-corrected chi connectivity index (χ3v) is 2.16. The van der Waals surface area contributed by atoms with Crippen LogP contribution in [0, 0.1) is 11.8 Å². The van der Waals surface area contributed by atoms with Gasteiger partial charge in [0, 0.05) is 17.9 Å². The zero-order valence-electron chi connectivity index (χ0n) is 8.44.